The van der Waals surface area contributed by atoms with E-state index in [0.717, 1.165) is 29.1 Å². The average molecular weight is 483 g/mol. The molecule has 0 aliphatic heterocycles. The molecule has 0 spiro atoms. The molecule has 1 unspecified atom stereocenters. The van der Waals surface area contributed by atoms with Crippen molar-refractivity contribution < 1.29 is 33.8 Å². The molecule has 7 nitrogen and oxygen atoms in total. The summed E-state index contributed by atoms with van der Waals surface area (Å²) in [6.07, 6.45) is 4.29. The van der Waals surface area contributed by atoms with Crippen molar-refractivity contribution in [3.8, 4) is 0 Å². The number of aliphatic carboxylic acids is 1. The standard InChI is InChI=1S/C23H30O7S2/c1-16(32-22(28)31-4)19(24)29-12-8-9-13-30-20(25)18(15-23(2,3)21(26)27)14-17-10-6-5-7-11-17/h5-7,10-11,14,16H,8-9,12-13,15H2,1-4H3,(H,26,27)/b18-14+. The number of hydrogen-bond donors (Lipinski definition) is 1. The van der Waals surface area contributed by atoms with Gasteiger partial charge in [-0.25, -0.2) is 4.79 Å². The largest absolute Gasteiger partial charge is 0.481 e. The third-order valence-corrected chi connectivity index (χ3v) is 6.26. The average Bonchev–Trinajstić information content (AvgIpc) is 2.75. The van der Waals surface area contributed by atoms with Crippen LogP contribution in [-0.4, -0.2) is 52.2 Å². The van der Waals surface area contributed by atoms with Gasteiger partial charge in [-0.1, -0.05) is 53.9 Å². The SMILES string of the molecule is CSC(=O)SC(C)C(=O)OCCCCOC(=O)/C(=C/c1ccccc1)CC(C)(C)C(=O)O. The number of ether oxygens (including phenoxy) is 2. The first kappa shape index (κ1) is 27.8. The summed E-state index contributed by atoms with van der Waals surface area (Å²) in [7, 11) is 0. The molecule has 0 heterocycles. The van der Waals surface area contributed by atoms with Crippen LogP contribution in [0, 0.1) is 5.41 Å². The van der Waals surface area contributed by atoms with Crippen LogP contribution in [-0.2, 0) is 23.9 Å². The first-order valence-electron chi connectivity index (χ1n) is 10.1. The second-order valence-electron chi connectivity index (χ2n) is 7.67. The van der Waals surface area contributed by atoms with Crippen molar-refractivity contribution in [1.82, 2.24) is 0 Å². The molecule has 0 saturated heterocycles. The van der Waals surface area contributed by atoms with Gasteiger partial charge in [-0.15, -0.1) is 0 Å². The Labute approximate surface area is 197 Å². The normalized spacial score (nSPS) is 12.7. The number of carbonyl (C=O) groups is 4. The summed E-state index contributed by atoms with van der Waals surface area (Å²) in [5.41, 5.74) is -0.0703. The highest BCUT2D eigenvalue weighted by molar-refractivity contribution is 8.38. The Morgan fingerprint density at radius 3 is 2.22 bits per heavy atom. The van der Waals surface area contributed by atoms with E-state index >= 15 is 0 Å². The molecule has 9 heteroatoms. The Hall–Kier alpha value is -2.26. The summed E-state index contributed by atoms with van der Waals surface area (Å²) in [5, 5.41) is 8.84. The minimum Gasteiger partial charge on any atom is -0.481 e. The van der Waals surface area contributed by atoms with Crippen LogP contribution >= 0.6 is 23.5 Å². The summed E-state index contributed by atoms with van der Waals surface area (Å²) in [6.45, 7) is 5.00. The van der Waals surface area contributed by atoms with E-state index < -0.39 is 28.6 Å². The van der Waals surface area contributed by atoms with Gasteiger partial charge in [-0.2, -0.15) is 0 Å². The molecule has 0 amide bonds. The van der Waals surface area contributed by atoms with E-state index in [9.17, 15) is 24.3 Å². The van der Waals surface area contributed by atoms with Crippen LogP contribution in [0.25, 0.3) is 6.08 Å². The maximum atomic E-state index is 12.6. The minimum absolute atomic E-state index is 0.0258. The first-order chi connectivity index (χ1) is 15.1. The predicted octanol–water partition coefficient (Wildman–Crippen LogP) is 5.04. The molecule has 0 aromatic heterocycles. The molecule has 0 bridgehead atoms. The van der Waals surface area contributed by atoms with Crippen molar-refractivity contribution in [2.24, 2.45) is 5.41 Å². The van der Waals surface area contributed by atoms with Crippen molar-refractivity contribution in [2.45, 2.75) is 45.3 Å². The highest BCUT2D eigenvalue weighted by atomic mass is 32.2. The lowest BCUT2D eigenvalue weighted by molar-refractivity contribution is -0.147. The Morgan fingerprint density at radius 1 is 1.06 bits per heavy atom. The van der Waals surface area contributed by atoms with Gasteiger partial charge in [-0.05, 0) is 57.9 Å². The van der Waals surface area contributed by atoms with Crippen LogP contribution in [0.3, 0.4) is 0 Å². The molecular formula is C23H30O7S2. The van der Waals surface area contributed by atoms with E-state index in [1.165, 1.54) is 0 Å². The highest BCUT2D eigenvalue weighted by Gasteiger charge is 2.31. The second kappa shape index (κ2) is 14.0. The molecular weight excluding hydrogens is 452 g/mol. The topological polar surface area (TPSA) is 107 Å². The third-order valence-electron chi connectivity index (χ3n) is 4.40. The van der Waals surface area contributed by atoms with Crippen LogP contribution in [0.1, 0.15) is 45.6 Å². The van der Waals surface area contributed by atoms with Crippen molar-refractivity contribution in [2.75, 3.05) is 19.5 Å². The molecule has 0 saturated carbocycles. The summed E-state index contributed by atoms with van der Waals surface area (Å²) >= 11 is 1.97. The van der Waals surface area contributed by atoms with Gasteiger partial charge < -0.3 is 14.6 Å². The number of benzene rings is 1. The monoisotopic (exact) mass is 482 g/mol. The fourth-order valence-corrected chi connectivity index (χ4v) is 3.75. The summed E-state index contributed by atoms with van der Waals surface area (Å²) in [6, 6.07) is 9.15. The summed E-state index contributed by atoms with van der Waals surface area (Å²) < 4.78 is 10.3. The van der Waals surface area contributed by atoms with Crippen molar-refractivity contribution in [1.29, 1.82) is 0 Å². The van der Waals surface area contributed by atoms with Gasteiger partial charge >= 0.3 is 17.9 Å². The number of unbranched alkanes of at least 4 members (excludes halogenated alkanes) is 1. The lowest BCUT2D eigenvalue weighted by atomic mass is 9.85. The van der Waals surface area contributed by atoms with Crippen LogP contribution in [0.2, 0.25) is 0 Å². The van der Waals surface area contributed by atoms with E-state index in [-0.39, 0.29) is 29.7 Å². The molecule has 0 aliphatic carbocycles. The van der Waals surface area contributed by atoms with Crippen LogP contribution in [0.15, 0.2) is 35.9 Å². The molecule has 1 rings (SSSR count). The Balaban J connectivity index is 2.54. The zero-order valence-electron chi connectivity index (χ0n) is 18.8. The predicted molar refractivity (Wildman–Crippen MR) is 128 cm³/mol. The van der Waals surface area contributed by atoms with Crippen molar-refractivity contribution in [3.05, 3.63) is 41.5 Å². The summed E-state index contributed by atoms with van der Waals surface area (Å²) in [4.78, 5) is 47.3. The molecule has 176 valence electrons. The number of carboxylic acid groups (broad SMARTS) is 1. The lowest BCUT2D eigenvalue weighted by Crippen LogP contribution is -2.26. The number of carboxylic acids is 1. The zero-order chi connectivity index (χ0) is 24.1. The number of esters is 2. The van der Waals surface area contributed by atoms with Gasteiger partial charge in [0, 0.05) is 5.57 Å². The van der Waals surface area contributed by atoms with Crippen LogP contribution in [0.5, 0.6) is 0 Å². The molecule has 0 aliphatic rings. The maximum Gasteiger partial charge on any atom is 0.334 e. The molecule has 0 fully saturated rings. The molecule has 32 heavy (non-hydrogen) atoms. The Bertz CT molecular complexity index is 819. The van der Waals surface area contributed by atoms with Crippen LogP contribution in [0.4, 0.5) is 4.79 Å². The minimum atomic E-state index is -1.12. The molecule has 0 radical (unpaired) electrons. The number of rotatable bonds is 12. The van der Waals surface area contributed by atoms with Gasteiger partial charge in [0.05, 0.1) is 18.6 Å². The fraction of sp³-hybridized carbons (Fsp3) is 0.478. The Kier molecular flexibility index (Phi) is 12.2. The van der Waals surface area contributed by atoms with E-state index in [1.807, 2.05) is 30.3 Å². The lowest BCUT2D eigenvalue weighted by Gasteiger charge is -2.20. The second-order valence-corrected chi connectivity index (χ2v) is 10.0. The first-order valence-corrected chi connectivity index (χ1v) is 12.2. The van der Waals surface area contributed by atoms with Gasteiger partial charge in [0.2, 0.25) is 4.45 Å². The van der Waals surface area contributed by atoms with Gasteiger partial charge in [-0.3, -0.25) is 14.4 Å². The molecule has 1 aromatic rings. The third kappa shape index (κ3) is 10.4. The molecule has 1 aromatic carbocycles. The Morgan fingerprint density at radius 2 is 1.66 bits per heavy atom. The van der Waals surface area contributed by atoms with Gasteiger partial charge in [0.15, 0.2) is 0 Å². The fourth-order valence-electron chi connectivity index (χ4n) is 2.48. The molecule has 1 atom stereocenters. The number of carbonyl (C=O) groups excluding carboxylic acids is 3. The highest BCUT2D eigenvalue weighted by Crippen LogP contribution is 2.27. The smallest absolute Gasteiger partial charge is 0.334 e. The van der Waals surface area contributed by atoms with Crippen LogP contribution < -0.4 is 0 Å². The van der Waals surface area contributed by atoms with E-state index in [2.05, 4.69) is 0 Å². The number of thioether (sulfide) groups is 2. The van der Waals surface area contributed by atoms with E-state index in [4.69, 9.17) is 9.47 Å². The quantitative estimate of drug-likeness (QED) is 0.249. The van der Waals surface area contributed by atoms with E-state index in [0.29, 0.717) is 12.8 Å². The van der Waals surface area contributed by atoms with Crippen molar-refractivity contribution in [3.63, 3.8) is 0 Å². The van der Waals surface area contributed by atoms with Gasteiger partial charge in [0.1, 0.15) is 5.25 Å². The maximum absolute atomic E-state index is 12.6. The van der Waals surface area contributed by atoms with Crippen molar-refractivity contribution >= 4 is 52.0 Å². The van der Waals surface area contributed by atoms with E-state index in [1.54, 1.807) is 33.1 Å². The summed E-state index contributed by atoms with van der Waals surface area (Å²) in [5.74, 6) is -2.03. The number of hydrogen-bond acceptors (Lipinski definition) is 8. The zero-order valence-corrected chi connectivity index (χ0v) is 20.4. The molecule has 1 N–H and O–H groups in total. The van der Waals surface area contributed by atoms with Gasteiger partial charge in [0.25, 0.3) is 0 Å².